The second-order valence-corrected chi connectivity index (χ2v) is 6.53. The maximum Gasteiger partial charge on any atom is 0.133 e. The molecule has 2 aliphatic rings. The third-order valence-electron chi connectivity index (χ3n) is 5.40. The molecule has 21 heavy (non-hydrogen) atoms. The van der Waals surface area contributed by atoms with Crippen LogP contribution in [0.5, 0.6) is 5.75 Å². The van der Waals surface area contributed by atoms with Crippen molar-refractivity contribution in [3.63, 3.8) is 0 Å². The van der Waals surface area contributed by atoms with Crippen LogP contribution in [-0.4, -0.2) is 18.6 Å². The number of methoxy groups -OCH3 is 1. The molecular formula is C18H22N2O. The van der Waals surface area contributed by atoms with Crippen molar-refractivity contribution in [1.29, 1.82) is 0 Å². The molecule has 2 aromatic rings. The number of pyridine rings is 1. The first kappa shape index (κ1) is 12.9. The molecule has 0 spiro atoms. The summed E-state index contributed by atoms with van der Waals surface area (Å²) < 4.78 is 5.45. The Kier molecular flexibility index (Phi) is 3.21. The van der Waals surface area contributed by atoms with E-state index >= 15 is 0 Å². The third-order valence-corrected chi connectivity index (χ3v) is 5.40. The summed E-state index contributed by atoms with van der Waals surface area (Å²) in [6.07, 6.45) is 7.64. The van der Waals surface area contributed by atoms with Crippen molar-refractivity contribution in [2.45, 2.75) is 25.7 Å². The zero-order chi connectivity index (χ0) is 14.2. The largest absolute Gasteiger partial charge is 0.496 e. The highest BCUT2D eigenvalue weighted by Crippen LogP contribution is 2.48. The van der Waals surface area contributed by atoms with Gasteiger partial charge >= 0.3 is 0 Å². The maximum atomic E-state index is 5.45. The van der Waals surface area contributed by atoms with Gasteiger partial charge in [-0.2, -0.15) is 0 Å². The molecule has 1 aromatic carbocycles. The molecule has 3 nitrogen and oxygen atoms in total. The molecular weight excluding hydrogens is 260 g/mol. The minimum Gasteiger partial charge on any atom is -0.496 e. The molecule has 0 radical (unpaired) electrons. The lowest BCUT2D eigenvalue weighted by molar-refractivity contribution is 0.348. The number of rotatable bonds is 4. The number of hydrogen-bond donors (Lipinski definition) is 1. The molecule has 3 heteroatoms. The lowest BCUT2D eigenvalue weighted by Gasteiger charge is -2.22. The smallest absolute Gasteiger partial charge is 0.133 e. The molecule has 0 aliphatic heterocycles. The molecule has 2 aliphatic carbocycles. The van der Waals surface area contributed by atoms with Gasteiger partial charge in [0, 0.05) is 23.5 Å². The van der Waals surface area contributed by atoms with Crippen molar-refractivity contribution in [2.24, 2.45) is 17.8 Å². The monoisotopic (exact) mass is 282 g/mol. The van der Waals surface area contributed by atoms with Gasteiger partial charge in [0.25, 0.3) is 0 Å². The summed E-state index contributed by atoms with van der Waals surface area (Å²) in [5.74, 6) is 4.70. The minimum atomic E-state index is 0.839. The van der Waals surface area contributed by atoms with Gasteiger partial charge in [-0.25, -0.2) is 4.98 Å². The first-order chi connectivity index (χ1) is 10.3. The Morgan fingerprint density at radius 1 is 1.19 bits per heavy atom. The molecule has 3 unspecified atom stereocenters. The average Bonchev–Trinajstić information content (AvgIpc) is 3.15. The summed E-state index contributed by atoms with van der Waals surface area (Å²) in [6, 6.07) is 8.18. The SMILES string of the molecule is COc1cccc2c(NCC3CC4CCC3C4)nccc12. The van der Waals surface area contributed by atoms with Gasteiger partial charge < -0.3 is 10.1 Å². The van der Waals surface area contributed by atoms with E-state index in [1.807, 2.05) is 24.4 Å². The summed E-state index contributed by atoms with van der Waals surface area (Å²) in [5.41, 5.74) is 0. The van der Waals surface area contributed by atoms with Crippen molar-refractivity contribution >= 4 is 16.6 Å². The third kappa shape index (κ3) is 2.25. The first-order valence-electron chi connectivity index (χ1n) is 8.00. The molecule has 2 fully saturated rings. The van der Waals surface area contributed by atoms with E-state index in [0.717, 1.165) is 46.6 Å². The van der Waals surface area contributed by atoms with Crippen LogP contribution in [0.4, 0.5) is 5.82 Å². The molecule has 1 heterocycles. The summed E-state index contributed by atoms with van der Waals surface area (Å²) >= 11 is 0. The number of hydrogen-bond acceptors (Lipinski definition) is 3. The van der Waals surface area contributed by atoms with Crippen LogP contribution in [0.1, 0.15) is 25.7 Å². The van der Waals surface area contributed by atoms with Gasteiger partial charge in [-0.05, 0) is 49.1 Å². The Bertz CT molecular complexity index is 655. The van der Waals surface area contributed by atoms with Crippen LogP contribution in [0.15, 0.2) is 30.5 Å². The fourth-order valence-electron chi connectivity index (χ4n) is 4.35. The van der Waals surface area contributed by atoms with Gasteiger partial charge in [-0.1, -0.05) is 18.6 Å². The van der Waals surface area contributed by atoms with Gasteiger partial charge in [0.1, 0.15) is 11.6 Å². The van der Waals surface area contributed by atoms with Gasteiger partial charge in [-0.15, -0.1) is 0 Å². The zero-order valence-corrected chi connectivity index (χ0v) is 12.5. The van der Waals surface area contributed by atoms with Gasteiger partial charge in [-0.3, -0.25) is 0 Å². The normalized spacial score (nSPS) is 27.2. The summed E-state index contributed by atoms with van der Waals surface area (Å²) in [7, 11) is 1.72. The molecule has 3 atom stereocenters. The lowest BCUT2D eigenvalue weighted by Crippen LogP contribution is -2.20. The molecule has 2 saturated carbocycles. The highest BCUT2D eigenvalue weighted by atomic mass is 16.5. The van der Waals surface area contributed by atoms with Crippen molar-refractivity contribution in [3.05, 3.63) is 30.5 Å². The second kappa shape index (κ2) is 5.21. The standard InChI is InChI=1S/C18H22N2O/c1-21-17-4-2-3-16-15(17)7-8-19-18(16)20-11-14-10-12-5-6-13(14)9-12/h2-4,7-8,12-14H,5-6,9-11H2,1H3,(H,19,20). The maximum absolute atomic E-state index is 5.45. The highest BCUT2D eigenvalue weighted by molar-refractivity contribution is 5.95. The van der Waals surface area contributed by atoms with Gasteiger partial charge in [0.2, 0.25) is 0 Å². The average molecular weight is 282 g/mol. The minimum absolute atomic E-state index is 0.839. The Morgan fingerprint density at radius 2 is 2.14 bits per heavy atom. The van der Waals surface area contributed by atoms with E-state index in [-0.39, 0.29) is 0 Å². The van der Waals surface area contributed by atoms with Crippen LogP contribution in [0.25, 0.3) is 10.8 Å². The molecule has 4 rings (SSSR count). The van der Waals surface area contributed by atoms with E-state index in [0.29, 0.717) is 0 Å². The quantitative estimate of drug-likeness (QED) is 0.917. The number of nitrogens with one attached hydrogen (secondary N) is 1. The van der Waals surface area contributed by atoms with Crippen molar-refractivity contribution in [3.8, 4) is 5.75 Å². The van der Waals surface area contributed by atoms with E-state index in [1.165, 1.54) is 25.7 Å². The van der Waals surface area contributed by atoms with Crippen molar-refractivity contribution < 1.29 is 4.74 Å². The van der Waals surface area contributed by atoms with Crippen LogP contribution < -0.4 is 10.1 Å². The van der Waals surface area contributed by atoms with Gasteiger partial charge in [0.15, 0.2) is 0 Å². The van der Waals surface area contributed by atoms with Crippen LogP contribution in [-0.2, 0) is 0 Å². The Labute approximate surface area is 125 Å². The topological polar surface area (TPSA) is 34.1 Å². The summed E-state index contributed by atoms with van der Waals surface area (Å²) in [4.78, 5) is 4.54. The van der Waals surface area contributed by atoms with Gasteiger partial charge in [0.05, 0.1) is 7.11 Å². The van der Waals surface area contributed by atoms with Crippen LogP contribution in [0, 0.1) is 17.8 Å². The predicted octanol–water partition coefficient (Wildman–Crippen LogP) is 4.09. The van der Waals surface area contributed by atoms with E-state index in [1.54, 1.807) is 7.11 Å². The number of anilines is 1. The molecule has 1 N–H and O–H groups in total. The molecule has 110 valence electrons. The Balaban J connectivity index is 1.56. The fraction of sp³-hybridized carbons (Fsp3) is 0.500. The molecule has 2 bridgehead atoms. The number of aromatic nitrogens is 1. The number of ether oxygens (including phenoxy) is 1. The zero-order valence-electron chi connectivity index (χ0n) is 12.5. The number of fused-ring (bicyclic) bond motifs is 3. The Hall–Kier alpha value is -1.77. The van der Waals surface area contributed by atoms with E-state index in [4.69, 9.17) is 4.74 Å². The summed E-state index contributed by atoms with van der Waals surface area (Å²) in [6.45, 7) is 1.06. The summed E-state index contributed by atoms with van der Waals surface area (Å²) in [5, 5.41) is 5.88. The number of nitrogens with zero attached hydrogens (tertiary/aromatic N) is 1. The van der Waals surface area contributed by atoms with Crippen LogP contribution >= 0.6 is 0 Å². The first-order valence-corrected chi connectivity index (χ1v) is 8.00. The molecule has 1 aromatic heterocycles. The fourth-order valence-corrected chi connectivity index (χ4v) is 4.35. The highest BCUT2D eigenvalue weighted by Gasteiger charge is 2.39. The number of benzene rings is 1. The Morgan fingerprint density at radius 3 is 2.90 bits per heavy atom. The van der Waals surface area contributed by atoms with E-state index in [9.17, 15) is 0 Å². The van der Waals surface area contributed by atoms with Crippen LogP contribution in [0.3, 0.4) is 0 Å². The molecule has 0 saturated heterocycles. The predicted molar refractivity (Wildman–Crippen MR) is 85.7 cm³/mol. The molecule has 0 amide bonds. The van der Waals surface area contributed by atoms with Crippen LogP contribution in [0.2, 0.25) is 0 Å². The van der Waals surface area contributed by atoms with E-state index in [2.05, 4.69) is 16.4 Å². The second-order valence-electron chi connectivity index (χ2n) is 6.53. The van der Waals surface area contributed by atoms with E-state index < -0.39 is 0 Å². The van der Waals surface area contributed by atoms with Crippen molar-refractivity contribution in [2.75, 3.05) is 19.0 Å². The van der Waals surface area contributed by atoms with Crippen molar-refractivity contribution in [1.82, 2.24) is 4.98 Å². The lowest BCUT2D eigenvalue weighted by atomic mass is 9.89.